The highest BCUT2D eigenvalue weighted by Crippen LogP contribution is 2.21. The van der Waals surface area contributed by atoms with Gasteiger partial charge in [-0.15, -0.1) is 0 Å². The van der Waals surface area contributed by atoms with Crippen LogP contribution in [-0.2, 0) is 0 Å². The summed E-state index contributed by atoms with van der Waals surface area (Å²) in [6.45, 7) is 4.37. The molecule has 0 aliphatic carbocycles. The monoisotopic (exact) mass is 189 g/mol. The van der Waals surface area contributed by atoms with Crippen LogP contribution in [0.2, 0.25) is 0 Å². The molecular weight excluding hydrogens is 174 g/mol. The van der Waals surface area contributed by atoms with Gasteiger partial charge in [0.05, 0.1) is 17.4 Å². The van der Waals surface area contributed by atoms with Gasteiger partial charge in [0.15, 0.2) is 0 Å². The molecule has 0 fully saturated rings. The summed E-state index contributed by atoms with van der Waals surface area (Å²) in [5.74, 6) is 0. The van der Waals surface area contributed by atoms with Crippen molar-refractivity contribution in [1.82, 2.24) is 9.55 Å². The maximum atomic E-state index is 5.69. The van der Waals surface area contributed by atoms with E-state index < -0.39 is 0 Å². The number of aromatic nitrogens is 2. The lowest BCUT2D eigenvalue weighted by atomic mass is 10.2. The van der Waals surface area contributed by atoms with E-state index in [0.717, 1.165) is 23.1 Å². The van der Waals surface area contributed by atoms with Gasteiger partial charge in [-0.1, -0.05) is 6.92 Å². The SMILES string of the molecule is CC[C@@H](C)n1cnc2cc(N)ccc21. The van der Waals surface area contributed by atoms with Crippen LogP contribution in [0.15, 0.2) is 24.5 Å². The number of fused-ring (bicyclic) bond motifs is 1. The van der Waals surface area contributed by atoms with Crippen molar-refractivity contribution in [2.75, 3.05) is 5.73 Å². The zero-order valence-corrected chi connectivity index (χ0v) is 8.57. The first-order valence-corrected chi connectivity index (χ1v) is 4.94. The van der Waals surface area contributed by atoms with E-state index in [2.05, 4.69) is 23.4 Å². The summed E-state index contributed by atoms with van der Waals surface area (Å²) in [5, 5.41) is 0. The van der Waals surface area contributed by atoms with Crippen molar-refractivity contribution in [3.63, 3.8) is 0 Å². The topological polar surface area (TPSA) is 43.8 Å². The number of nitrogen functional groups attached to an aromatic ring is 1. The Kier molecular flexibility index (Phi) is 2.15. The Bertz CT molecular complexity index is 445. The molecule has 0 saturated carbocycles. The van der Waals surface area contributed by atoms with Crippen molar-refractivity contribution in [1.29, 1.82) is 0 Å². The quantitative estimate of drug-likeness (QED) is 0.738. The molecular formula is C11H15N3. The third-order valence-corrected chi connectivity index (χ3v) is 2.66. The summed E-state index contributed by atoms with van der Waals surface area (Å²) in [6, 6.07) is 6.35. The van der Waals surface area contributed by atoms with Crippen LogP contribution in [0.3, 0.4) is 0 Å². The number of hydrogen-bond acceptors (Lipinski definition) is 2. The van der Waals surface area contributed by atoms with Gasteiger partial charge in [-0.05, 0) is 31.5 Å². The zero-order chi connectivity index (χ0) is 10.1. The lowest BCUT2D eigenvalue weighted by Gasteiger charge is -2.11. The number of hydrogen-bond donors (Lipinski definition) is 1. The standard InChI is InChI=1S/C11H15N3/c1-3-8(2)14-7-13-10-6-9(12)4-5-11(10)14/h4-8H,3,12H2,1-2H3/t8-/m1/s1. The largest absolute Gasteiger partial charge is 0.399 e. The highest BCUT2D eigenvalue weighted by molar-refractivity contribution is 5.79. The molecule has 0 saturated heterocycles. The molecule has 0 bridgehead atoms. The van der Waals surface area contributed by atoms with Gasteiger partial charge >= 0.3 is 0 Å². The summed E-state index contributed by atoms with van der Waals surface area (Å²) in [4.78, 5) is 4.33. The Balaban J connectivity index is 2.58. The minimum absolute atomic E-state index is 0.489. The molecule has 2 rings (SSSR count). The Hall–Kier alpha value is -1.51. The predicted octanol–water partition coefficient (Wildman–Crippen LogP) is 2.59. The summed E-state index contributed by atoms with van der Waals surface area (Å²) < 4.78 is 2.19. The van der Waals surface area contributed by atoms with E-state index in [1.54, 1.807) is 0 Å². The second-order valence-electron chi connectivity index (χ2n) is 3.66. The van der Waals surface area contributed by atoms with Crippen LogP contribution in [0.4, 0.5) is 5.69 Å². The lowest BCUT2D eigenvalue weighted by Crippen LogP contribution is -2.01. The van der Waals surface area contributed by atoms with E-state index in [4.69, 9.17) is 5.73 Å². The second kappa shape index (κ2) is 3.33. The summed E-state index contributed by atoms with van der Waals surface area (Å²) in [7, 11) is 0. The summed E-state index contributed by atoms with van der Waals surface area (Å²) in [5.41, 5.74) is 8.60. The number of benzene rings is 1. The highest BCUT2D eigenvalue weighted by Gasteiger charge is 2.06. The molecule has 0 aliphatic heterocycles. The molecule has 2 N–H and O–H groups in total. The Morgan fingerprint density at radius 3 is 3.00 bits per heavy atom. The average molecular weight is 189 g/mol. The van der Waals surface area contributed by atoms with Gasteiger partial charge in [0.2, 0.25) is 0 Å². The molecule has 0 radical (unpaired) electrons. The molecule has 0 amide bonds. The van der Waals surface area contributed by atoms with Crippen molar-refractivity contribution >= 4 is 16.7 Å². The van der Waals surface area contributed by atoms with Crippen LogP contribution in [0.1, 0.15) is 26.3 Å². The number of imidazole rings is 1. The molecule has 74 valence electrons. The Labute approximate surface area is 83.6 Å². The van der Waals surface area contributed by atoms with E-state index >= 15 is 0 Å². The maximum Gasteiger partial charge on any atom is 0.0960 e. The van der Waals surface area contributed by atoms with Crippen molar-refractivity contribution < 1.29 is 0 Å². The molecule has 0 aliphatic rings. The molecule has 1 aromatic heterocycles. The highest BCUT2D eigenvalue weighted by atomic mass is 15.1. The van der Waals surface area contributed by atoms with Crippen LogP contribution in [0.5, 0.6) is 0 Å². The van der Waals surface area contributed by atoms with Crippen molar-refractivity contribution in [2.45, 2.75) is 26.3 Å². The van der Waals surface area contributed by atoms with E-state index in [0.29, 0.717) is 6.04 Å². The van der Waals surface area contributed by atoms with Gasteiger partial charge in [0.25, 0.3) is 0 Å². The summed E-state index contributed by atoms with van der Waals surface area (Å²) >= 11 is 0. The fourth-order valence-electron chi connectivity index (χ4n) is 1.60. The predicted molar refractivity (Wildman–Crippen MR) is 59.1 cm³/mol. The minimum atomic E-state index is 0.489. The fraction of sp³-hybridized carbons (Fsp3) is 0.364. The molecule has 3 nitrogen and oxygen atoms in total. The van der Waals surface area contributed by atoms with Gasteiger partial charge in [0.1, 0.15) is 0 Å². The van der Waals surface area contributed by atoms with Crippen LogP contribution in [0.25, 0.3) is 11.0 Å². The molecule has 3 heteroatoms. The smallest absolute Gasteiger partial charge is 0.0960 e. The van der Waals surface area contributed by atoms with Crippen LogP contribution in [-0.4, -0.2) is 9.55 Å². The van der Waals surface area contributed by atoms with Crippen molar-refractivity contribution in [2.24, 2.45) is 0 Å². The number of nitrogens with zero attached hydrogens (tertiary/aromatic N) is 2. The molecule has 1 heterocycles. The lowest BCUT2D eigenvalue weighted by molar-refractivity contribution is 0.544. The molecule has 0 unspecified atom stereocenters. The van der Waals surface area contributed by atoms with E-state index in [1.807, 2.05) is 24.5 Å². The van der Waals surface area contributed by atoms with Crippen LogP contribution in [0, 0.1) is 0 Å². The first kappa shape index (κ1) is 9.06. The van der Waals surface area contributed by atoms with Crippen LogP contribution < -0.4 is 5.73 Å². The molecule has 1 atom stereocenters. The molecule has 14 heavy (non-hydrogen) atoms. The third-order valence-electron chi connectivity index (χ3n) is 2.66. The zero-order valence-electron chi connectivity index (χ0n) is 8.57. The van der Waals surface area contributed by atoms with Gasteiger partial charge in [-0.25, -0.2) is 4.98 Å². The summed E-state index contributed by atoms with van der Waals surface area (Å²) in [6.07, 6.45) is 2.99. The number of rotatable bonds is 2. The van der Waals surface area contributed by atoms with Gasteiger partial charge in [0, 0.05) is 11.7 Å². The third kappa shape index (κ3) is 1.35. The van der Waals surface area contributed by atoms with E-state index in [-0.39, 0.29) is 0 Å². The van der Waals surface area contributed by atoms with Crippen LogP contribution >= 0.6 is 0 Å². The molecule has 0 spiro atoms. The molecule has 2 aromatic rings. The molecule has 1 aromatic carbocycles. The fourth-order valence-corrected chi connectivity index (χ4v) is 1.60. The van der Waals surface area contributed by atoms with Gasteiger partial charge in [-0.2, -0.15) is 0 Å². The second-order valence-corrected chi connectivity index (χ2v) is 3.66. The Morgan fingerprint density at radius 2 is 2.29 bits per heavy atom. The van der Waals surface area contributed by atoms with Crippen molar-refractivity contribution in [3.8, 4) is 0 Å². The van der Waals surface area contributed by atoms with Gasteiger partial charge < -0.3 is 10.3 Å². The average Bonchev–Trinajstić information content (AvgIpc) is 2.59. The van der Waals surface area contributed by atoms with Gasteiger partial charge in [-0.3, -0.25) is 0 Å². The minimum Gasteiger partial charge on any atom is -0.399 e. The van der Waals surface area contributed by atoms with Crippen molar-refractivity contribution in [3.05, 3.63) is 24.5 Å². The first-order chi connectivity index (χ1) is 6.72. The van der Waals surface area contributed by atoms with E-state index in [1.165, 1.54) is 0 Å². The number of anilines is 1. The first-order valence-electron chi connectivity index (χ1n) is 4.94. The van der Waals surface area contributed by atoms with E-state index in [9.17, 15) is 0 Å². The number of nitrogens with two attached hydrogens (primary N) is 1. The maximum absolute atomic E-state index is 5.69. The normalized spacial score (nSPS) is 13.3. The Morgan fingerprint density at radius 1 is 1.50 bits per heavy atom.